The molecule has 0 atom stereocenters. The average molecular weight is 467 g/mol. The minimum Gasteiger partial charge on any atom is -0.495 e. The standard InChI is InChI=1S/C26H30N2O4S/c1-18(2)22-10-8-9-20(4)26(22)27-25(29)17-28(23-11-6-7-12-24(23)32-5)33(30,31)21-15-13-19(3)14-16-21/h6-16,18H,17H2,1-5H3,(H,27,29). The molecule has 0 radical (unpaired) electrons. The Labute approximate surface area is 196 Å². The number of amides is 1. The Morgan fingerprint density at radius 2 is 1.64 bits per heavy atom. The largest absolute Gasteiger partial charge is 0.495 e. The molecule has 3 aromatic rings. The summed E-state index contributed by atoms with van der Waals surface area (Å²) >= 11 is 0. The van der Waals surface area contributed by atoms with E-state index >= 15 is 0 Å². The Kier molecular flexibility index (Phi) is 7.43. The maximum absolute atomic E-state index is 13.6. The van der Waals surface area contributed by atoms with Gasteiger partial charge in [-0.05, 0) is 55.2 Å². The van der Waals surface area contributed by atoms with Gasteiger partial charge in [0.2, 0.25) is 5.91 Å². The molecule has 7 heteroatoms. The monoisotopic (exact) mass is 466 g/mol. The van der Waals surface area contributed by atoms with E-state index in [0.717, 1.165) is 21.0 Å². The molecule has 6 nitrogen and oxygen atoms in total. The second-order valence-electron chi connectivity index (χ2n) is 8.24. The number of aryl methyl sites for hydroxylation is 2. The van der Waals surface area contributed by atoms with Gasteiger partial charge in [-0.1, -0.05) is 61.9 Å². The Hall–Kier alpha value is -3.32. The maximum Gasteiger partial charge on any atom is 0.264 e. The Morgan fingerprint density at radius 3 is 2.27 bits per heavy atom. The molecule has 1 N–H and O–H groups in total. The Morgan fingerprint density at radius 1 is 0.970 bits per heavy atom. The summed E-state index contributed by atoms with van der Waals surface area (Å²) in [6, 6.07) is 19.2. The van der Waals surface area contributed by atoms with Gasteiger partial charge in [-0.2, -0.15) is 0 Å². The second kappa shape index (κ2) is 10.1. The zero-order valence-electron chi connectivity index (χ0n) is 19.6. The van der Waals surface area contributed by atoms with Crippen LogP contribution in [0.5, 0.6) is 5.75 Å². The zero-order valence-corrected chi connectivity index (χ0v) is 20.4. The molecule has 174 valence electrons. The summed E-state index contributed by atoms with van der Waals surface area (Å²) in [7, 11) is -2.56. The van der Waals surface area contributed by atoms with Crippen molar-refractivity contribution >= 4 is 27.3 Å². The molecule has 0 aliphatic rings. The maximum atomic E-state index is 13.6. The predicted octanol–water partition coefficient (Wildman–Crippen LogP) is 5.27. The molecule has 0 aliphatic heterocycles. The van der Waals surface area contributed by atoms with E-state index in [4.69, 9.17) is 4.74 Å². The number of para-hydroxylation sites is 3. The van der Waals surface area contributed by atoms with Gasteiger partial charge in [0.15, 0.2) is 0 Å². The van der Waals surface area contributed by atoms with Crippen molar-refractivity contribution < 1.29 is 17.9 Å². The van der Waals surface area contributed by atoms with Gasteiger partial charge in [-0.25, -0.2) is 8.42 Å². The third-order valence-corrected chi connectivity index (χ3v) is 7.22. The Balaban J connectivity index is 2.03. The first-order chi connectivity index (χ1) is 15.6. The Bertz CT molecular complexity index is 1240. The number of ether oxygens (including phenoxy) is 1. The van der Waals surface area contributed by atoms with Crippen LogP contribution < -0.4 is 14.4 Å². The van der Waals surface area contributed by atoms with Crippen LogP contribution in [0.4, 0.5) is 11.4 Å². The molecule has 0 spiro atoms. The average Bonchev–Trinajstić information content (AvgIpc) is 2.78. The first-order valence-electron chi connectivity index (χ1n) is 10.8. The molecule has 1 amide bonds. The number of benzene rings is 3. The number of carbonyl (C=O) groups excluding carboxylic acids is 1. The van der Waals surface area contributed by atoms with E-state index in [9.17, 15) is 13.2 Å². The zero-order chi connectivity index (χ0) is 24.2. The summed E-state index contributed by atoms with van der Waals surface area (Å²) in [5, 5.41) is 2.94. The minimum absolute atomic E-state index is 0.102. The number of carbonyl (C=O) groups is 1. The van der Waals surface area contributed by atoms with E-state index in [1.165, 1.54) is 7.11 Å². The van der Waals surface area contributed by atoms with Crippen LogP contribution in [0, 0.1) is 13.8 Å². The molecule has 0 saturated heterocycles. The number of methoxy groups -OCH3 is 1. The highest BCUT2D eigenvalue weighted by molar-refractivity contribution is 7.92. The third-order valence-electron chi connectivity index (χ3n) is 5.44. The highest BCUT2D eigenvalue weighted by atomic mass is 32.2. The van der Waals surface area contributed by atoms with Crippen LogP contribution in [0.2, 0.25) is 0 Å². The lowest BCUT2D eigenvalue weighted by atomic mass is 9.98. The van der Waals surface area contributed by atoms with Crippen LogP contribution in [0.3, 0.4) is 0 Å². The first kappa shape index (κ1) is 24.3. The highest BCUT2D eigenvalue weighted by Gasteiger charge is 2.29. The second-order valence-corrected chi connectivity index (χ2v) is 10.1. The van der Waals surface area contributed by atoms with E-state index in [1.807, 2.05) is 45.9 Å². The summed E-state index contributed by atoms with van der Waals surface area (Å²) in [5.41, 5.74) is 3.86. The van der Waals surface area contributed by atoms with Crippen LogP contribution >= 0.6 is 0 Å². The van der Waals surface area contributed by atoms with Gasteiger partial charge in [-0.3, -0.25) is 9.10 Å². The number of hydrogen-bond acceptors (Lipinski definition) is 4. The number of nitrogens with zero attached hydrogens (tertiary/aromatic N) is 1. The van der Waals surface area contributed by atoms with Crippen molar-refractivity contribution in [3.8, 4) is 5.75 Å². The number of anilines is 2. The molecule has 3 aromatic carbocycles. The fraction of sp³-hybridized carbons (Fsp3) is 0.269. The van der Waals surface area contributed by atoms with E-state index in [1.54, 1.807) is 48.5 Å². The van der Waals surface area contributed by atoms with Crippen molar-refractivity contribution in [2.75, 3.05) is 23.3 Å². The van der Waals surface area contributed by atoms with Gasteiger partial charge in [0.25, 0.3) is 10.0 Å². The van der Waals surface area contributed by atoms with E-state index in [-0.39, 0.29) is 10.8 Å². The van der Waals surface area contributed by atoms with Crippen molar-refractivity contribution in [1.29, 1.82) is 0 Å². The minimum atomic E-state index is -4.03. The molecule has 3 rings (SSSR count). The quantitative estimate of drug-likeness (QED) is 0.491. The van der Waals surface area contributed by atoms with Crippen LogP contribution in [-0.4, -0.2) is 28.0 Å². The topological polar surface area (TPSA) is 75.7 Å². The number of nitrogens with one attached hydrogen (secondary N) is 1. The molecule has 0 saturated carbocycles. The van der Waals surface area contributed by atoms with Crippen molar-refractivity contribution in [3.63, 3.8) is 0 Å². The molecule has 0 fully saturated rings. The van der Waals surface area contributed by atoms with E-state index in [0.29, 0.717) is 17.1 Å². The van der Waals surface area contributed by atoms with Crippen LogP contribution in [0.15, 0.2) is 71.6 Å². The summed E-state index contributed by atoms with van der Waals surface area (Å²) in [6.07, 6.45) is 0. The molecular formula is C26H30N2O4S. The smallest absolute Gasteiger partial charge is 0.264 e. The molecule has 0 aromatic heterocycles. The fourth-order valence-corrected chi connectivity index (χ4v) is 5.06. The van der Waals surface area contributed by atoms with Crippen molar-refractivity contribution in [1.82, 2.24) is 0 Å². The first-order valence-corrected chi connectivity index (χ1v) is 12.2. The van der Waals surface area contributed by atoms with Crippen molar-refractivity contribution in [2.45, 2.75) is 38.5 Å². The lowest BCUT2D eigenvalue weighted by molar-refractivity contribution is -0.114. The van der Waals surface area contributed by atoms with Crippen molar-refractivity contribution in [2.24, 2.45) is 0 Å². The fourth-order valence-electron chi connectivity index (χ4n) is 3.62. The molecule has 0 heterocycles. The number of rotatable bonds is 8. The van der Waals surface area contributed by atoms with Gasteiger partial charge < -0.3 is 10.1 Å². The molecule has 0 bridgehead atoms. The van der Waals surface area contributed by atoms with Crippen LogP contribution in [-0.2, 0) is 14.8 Å². The van der Waals surface area contributed by atoms with Crippen LogP contribution in [0.25, 0.3) is 0 Å². The highest BCUT2D eigenvalue weighted by Crippen LogP contribution is 2.33. The summed E-state index contributed by atoms with van der Waals surface area (Å²) < 4.78 is 33.8. The summed E-state index contributed by atoms with van der Waals surface area (Å²) in [5.74, 6) is 0.120. The van der Waals surface area contributed by atoms with Gasteiger partial charge in [0.05, 0.1) is 17.7 Å². The van der Waals surface area contributed by atoms with Gasteiger partial charge in [0.1, 0.15) is 12.3 Å². The van der Waals surface area contributed by atoms with Crippen LogP contribution in [0.1, 0.15) is 36.5 Å². The predicted molar refractivity (Wildman–Crippen MR) is 133 cm³/mol. The lowest BCUT2D eigenvalue weighted by Gasteiger charge is -2.26. The van der Waals surface area contributed by atoms with E-state index in [2.05, 4.69) is 5.32 Å². The summed E-state index contributed by atoms with van der Waals surface area (Å²) in [6.45, 7) is 7.50. The van der Waals surface area contributed by atoms with Gasteiger partial charge in [-0.15, -0.1) is 0 Å². The number of hydrogen-bond donors (Lipinski definition) is 1. The van der Waals surface area contributed by atoms with Crippen molar-refractivity contribution in [3.05, 3.63) is 83.4 Å². The van der Waals surface area contributed by atoms with Gasteiger partial charge in [0, 0.05) is 5.69 Å². The SMILES string of the molecule is COc1ccccc1N(CC(=O)Nc1c(C)cccc1C(C)C)S(=O)(=O)c1ccc(C)cc1. The molecule has 0 aliphatic carbocycles. The summed E-state index contributed by atoms with van der Waals surface area (Å²) in [4.78, 5) is 13.3. The molecular weight excluding hydrogens is 436 g/mol. The van der Waals surface area contributed by atoms with E-state index < -0.39 is 22.5 Å². The van der Waals surface area contributed by atoms with Gasteiger partial charge >= 0.3 is 0 Å². The normalized spacial score (nSPS) is 11.3. The molecule has 33 heavy (non-hydrogen) atoms. The third kappa shape index (κ3) is 5.37. The number of sulfonamides is 1. The molecule has 0 unspecified atom stereocenters. The lowest BCUT2D eigenvalue weighted by Crippen LogP contribution is -2.38.